The lowest BCUT2D eigenvalue weighted by molar-refractivity contribution is -0.122. The van der Waals surface area contributed by atoms with Crippen molar-refractivity contribution in [3.05, 3.63) is 94.4 Å². The Balaban J connectivity index is 1.57. The Hall–Kier alpha value is -3.87. The first-order valence-corrected chi connectivity index (χ1v) is 10.0. The zero-order chi connectivity index (χ0) is 21.6. The van der Waals surface area contributed by atoms with E-state index in [0.717, 1.165) is 11.3 Å². The standard InChI is InChI=1S/C24H23N3O4/c1-30-18-11-8-17(9-12-18)10-13-22-26-21-7-3-2-6-20(21)24(29)27(22)16-23(28)25-15-19-5-4-14-31-19/h2-9,11-12,14H,10,13,15-16H2,1H3,(H,25,28). The van der Waals surface area contributed by atoms with Crippen molar-refractivity contribution in [2.75, 3.05) is 7.11 Å². The molecule has 0 aliphatic heterocycles. The van der Waals surface area contributed by atoms with E-state index >= 15 is 0 Å². The number of benzene rings is 2. The fourth-order valence-corrected chi connectivity index (χ4v) is 3.41. The molecule has 158 valence electrons. The summed E-state index contributed by atoms with van der Waals surface area (Å²) in [6.07, 6.45) is 2.76. The van der Waals surface area contributed by atoms with Crippen LogP contribution in [0.3, 0.4) is 0 Å². The molecule has 0 fully saturated rings. The number of aryl methyl sites for hydroxylation is 2. The van der Waals surface area contributed by atoms with E-state index in [9.17, 15) is 9.59 Å². The van der Waals surface area contributed by atoms with Crippen LogP contribution in [0.5, 0.6) is 5.75 Å². The van der Waals surface area contributed by atoms with Crippen molar-refractivity contribution in [3.8, 4) is 5.75 Å². The predicted molar refractivity (Wildman–Crippen MR) is 117 cm³/mol. The van der Waals surface area contributed by atoms with Gasteiger partial charge in [0, 0.05) is 6.42 Å². The van der Waals surface area contributed by atoms with Gasteiger partial charge < -0.3 is 14.5 Å². The third-order valence-corrected chi connectivity index (χ3v) is 5.08. The molecule has 31 heavy (non-hydrogen) atoms. The maximum Gasteiger partial charge on any atom is 0.261 e. The van der Waals surface area contributed by atoms with Crippen molar-refractivity contribution in [2.45, 2.75) is 25.9 Å². The second kappa shape index (κ2) is 9.30. The highest BCUT2D eigenvalue weighted by atomic mass is 16.5. The Labute approximate surface area is 179 Å². The zero-order valence-electron chi connectivity index (χ0n) is 17.2. The summed E-state index contributed by atoms with van der Waals surface area (Å²) in [5.74, 6) is 1.74. The zero-order valence-corrected chi connectivity index (χ0v) is 17.2. The second-order valence-electron chi connectivity index (χ2n) is 7.14. The SMILES string of the molecule is COc1ccc(CCc2nc3ccccc3c(=O)n2CC(=O)NCc2ccco2)cc1. The van der Waals surface area contributed by atoms with Crippen molar-refractivity contribution in [1.82, 2.24) is 14.9 Å². The number of fused-ring (bicyclic) bond motifs is 1. The quantitative estimate of drug-likeness (QED) is 0.476. The number of methoxy groups -OCH3 is 1. The molecule has 0 radical (unpaired) electrons. The Morgan fingerprint density at radius 2 is 1.87 bits per heavy atom. The van der Waals surface area contributed by atoms with Gasteiger partial charge in [0.2, 0.25) is 5.91 Å². The minimum atomic E-state index is -0.277. The lowest BCUT2D eigenvalue weighted by Gasteiger charge is -2.14. The van der Waals surface area contributed by atoms with Gasteiger partial charge >= 0.3 is 0 Å². The highest BCUT2D eigenvalue weighted by molar-refractivity contribution is 5.79. The van der Waals surface area contributed by atoms with Crippen LogP contribution in [0.15, 0.2) is 76.1 Å². The molecule has 7 nitrogen and oxygen atoms in total. The number of nitrogens with one attached hydrogen (secondary N) is 1. The average Bonchev–Trinajstić information content (AvgIpc) is 3.32. The van der Waals surface area contributed by atoms with E-state index in [2.05, 4.69) is 10.3 Å². The minimum absolute atomic E-state index is 0.102. The molecule has 0 spiro atoms. The lowest BCUT2D eigenvalue weighted by atomic mass is 10.1. The number of furan rings is 1. The summed E-state index contributed by atoms with van der Waals surface area (Å²) in [6, 6.07) is 18.5. The molecule has 0 aliphatic carbocycles. The smallest absolute Gasteiger partial charge is 0.261 e. The van der Waals surface area contributed by atoms with Crippen LogP contribution >= 0.6 is 0 Å². The van der Waals surface area contributed by atoms with Crippen LogP contribution in [-0.4, -0.2) is 22.6 Å². The maximum atomic E-state index is 13.1. The molecule has 4 rings (SSSR count). The number of rotatable bonds is 8. The summed E-state index contributed by atoms with van der Waals surface area (Å²) < 4.78 is 11.9. The van der Waals surface area contributed by atoms with E-state index < -0.39 is 0 Å². The molecule has 2 heterocycles. The number of carbonyl (C=O) groups excluding carboxylic acids is 1. The number of ether oxygens (including phenoxy) is 1. The summed E-state index contributed by atoms with van der Waals surface area (Å²) in [7, 11) is 1.63. The van der Waals surface area contributed by atoms with Crippen molar-refractivity contribution >= 4 is 16.8 Å². The minimum Gasteiger partial charge on any atom is -0.497 e. The summed E-state index contributed by atoms with van der Waals surface area (Å²) >= 11 is 0. The van der Waals surface area contributed by atoms with Crippen LogP contribution < -0.4 is 15.6 Å². The summed E-state index contributed by atoms with van der Waals surface area (Å²) in [5, 5.41) is 3.28. The molecule has 1 amide bonds. The number of nitrogens with zero attached hydrogens (tertiary/aromatic N) is 2. The van der Waals surface area contributed by atoms with Crippen LogP contribution in [0.2, 0.25) is 0 Å². The first kappa shape index (κ1) is 20.4. The summed E-state index contributed by atoms with van der Waals surface area (Å²) in [6.45, 7) is 0.165. The largest absolute Gasteiger partial charge is 0.497 e. The molecule has 0 aliphatic rings. The highest BCUT2D eigenvalue weighted by Gasteiger charge is 2.14. The molecule has 0 atom stereocenters. The van der Waals surface area contributed by atoms with Crippen LogP contribution in [0, 0.1) is 0 Å². The van der Waals surface area contributed by atoms with Gasteiger partial charge in [0.25, 0.3) is 5.56 Å². The highest BCUT2D eigenvalue weighted by Crippen LogP contribution is 2.14. The summed E-state index contributed by atoms with van der Waals surface area (Å²) in [5.41, 5.74) is 1.50. The first-order valence-electron chi connectivity index (χ1n) is 10.0. The van der Waals surface area contributed by atoms with Crippen molar-refractivity contribution in [2.24, 2.45) is 0 Å². The van der Waals surface area contributed by atoms with Gasteiger partial charge in [0.05, 0.1) is 30.8 Å². The fraction of sp³-hybridized carbons (Fsp3) is 0.208. The Morgan fingerprint density at radius 3 is 2.61 bits per heavy atom. The third kappa shape index (κ3) is 4.83. The normalized spacial score (nSPS) is 10.9. The third-order valence-electron chi connectivity index (χ3n) is 5.08. The Kier molecular flexibility index (Phi) is 6.12. The molecule has 0 saturated heterocycles. The number of aromatic nitrogens is 2. The van der Waals surface area contributed by atoms with Gasteiger partial charge in [-0.15, -0.1) is 0 Å². The van der Waals surface area contributed by atoms with Gasteiger partial charge in [0.15, 0.2) is 0 Å². The van der Waals surface area contributed by atoms with E-state index in [-0.39, 0.29) is 24.6 Å². The first-order chi connectivity index (χ1) is 15.1. The molecule has 4 aromatic rings. The number of carbonyl (C=O) groups is 1. The molecule has 1 N–H and O–H groups in total. The Bertz CT molecular complexity index is 1230. The van der Waals surface area contributed by atoms with Gasteiger partial charge in [-0.1, -0.05) is 24.3 Å². The van der Waals surface area contributed by atoms with Crippen LogP contribution in [0.25, 0.3) is 10.9 Å². The number of hydrogen-bond donors (Lipinski definition) is 1. The van der Waals surface area contributed by atoms with E-state index in [1.54, 1.807) is 37.6 Å². The molecule has 2 aromatic heterocycles. The fourth-order valence-electron chi connectivity index (χ4n) is 3.41. The van der Waals surface area contributed by atoms with E-state index in [0.29, 0.717) is 35.3 Å². The Morgan fingerprint density at radius 1 is 1.06 bits per heavy atom. The molecular weight excluding hydrogens is 394 g/mol. The van der Waals surface area contributed by atoms with Crippen molar-refractivity contribution in [1.29, 1.82) is 0 Å². The van der Waals surface area contributed by atoms with E-state index in [1.165, 1.54) is 4.57 Å². The predicted octanol–water partition coefficient (Wildman–Crippen LogP) is 3.10. The molecular formula is C24H23N3O4. The molecule has 0 unspecified atom stereocenters. The second-order valence-corrected chi connectivity index (χ2v) is 7.14. The van der Waals surface area contributed by atoms with Crippen LogP contribution in [0.1, 0.15) is 17.1 Å². The van der Waals surface area contributed by atoms with E-state index in [1.807, 2.05) is 36.4 Å². The molecule has 7 heteroatoms. The maximum absolute atomic E-state index is 13.1. The number of para-hydroxylation sites is 1. The molecule has 0 saturated carbocycles. The topological polar surface area (TPSA) is 86.4 Å². The molecule has 0 bridgehead atoms. The summed E-state index contributed by atoms with van der Waals surface area (Å²) in [4.78, 5) is 30.3. The van der Waals surface area contributed by atoms with Crippen LogP contribution in [-0.2, 0) is 30.7 Å². The lowest BCUT2D eigenvalue weighted by Crippen LogP contribution is -2.34. The number of amides is 1. The van der Waals surface area contributed by atoms with Crippen LogP contribution in [0.4, 0.5) is 0 Å². The van der Waals surface area contributed by atoms with Gasteiger partial charge in [-0.25, -0.2) is 4.98 Å². The van der Waals surface area contributed by atoms with E-state index in [4.69, 9.17) is 9.15 Å². The van der Waals surface area contributed by atoms with Gasteiger partial charge in [-0.2, -0.15) is 0 Å². The van der Waals surface area contributed by atoms with Gasteiger partial charge in [-0.3, -0.25) is 14.2 Å². The number of hydrogen-bond acceptors (Lipinski definition) is 5. The average molecular weight is 417 g/mol. The van der Waals surface area contributed by atoms with Crippen molar-refractivity contribution in [3.63, 3.8) is 0 Å². The monoisotopic (exact) mass is 417 g/mol. The van der Waals surface area contributed by atoms with Crippen molar-refractivity contribution < 1.29 is 13.9 Å². The van der Waals surface area contributed by atoms with Gasteiger partial charge in [0.1, 0.15) is 23.9 Å². The molecule has 2 aromatic carbocycles. The van der Waals surface area contributed by atoms with Gasteiger partial charge in [-0.05, 0) is 48.4 Å².